The van der Waals surface area contributed by atoms with Crippen LogP contribution in [0.5, 0.6) is 0 Å². The Morgan fingerprint density at radius 1 is 1.35 bits per heavy atom. The molecule has 1 aliphatic carbocycles. The molecule has 5 nitrogen and oxygen atoms in total. The number of amides is 2. The van der Waals surface area contributed by atoms with Gasteiger partial charge in [-0.25, -0.2) is 4.79 Å². The second-order valence-electron chi connectivity index (χ2n) is 6.20. The molecule has 2 amide bonds. The van der Waals surface area contributed by atoms with Gasteiger partial charge in [-0.15, -0.1) is 0 Å². The molecule has 0 radical (unpaired) electrons. The summed E-state index contributed by atoms with van der Waals surface area (Å²) in [4.78, 5) is 12.0. The van der Waals surface area contributed by atoms with Crippen molar-refractivity contribution in [2.75, 3.05) is 26.9 Å². The first-order valence-corrected chi connectivity index (χ1v) is 7.70. The molecule has 1 rings (SSSR count). The lowest BCUT2D eigenvalue weighted by atomic mass is 9.74. The fraction of sp³-hybridized carbons (Fsp3) is 0.933. The number of urea groups is 1. The number of ether oxygens (including phenoxy) is 1. The van der Waals surface area contributed by atoms with E-state index in [1.165, 1.54) is 0 Å². The van der Waals surface area contributed by atoms with Crippen LogP contribution in [0.1, 0.15) is 46.0 Å². The number of carbonyl (C=O) groups excluding carboxylic acids is 1. The van der Waals surface area contributed by atoms with Crippen molar-refractivity contribution >= 4 is 6.03 Å². The number of aliphatic hydroxyl groups excluding tert-OH is 1. The van der Waals surface area contributed by atoms with Crippen LogP contribution in [-0.2, 0) is 4.74 Å². The Morgan fingerprint density at radius 2 is 2.00 bits per heavy atom. The molecule has 0 heterocycles. The van der Waals surface area contributed by atoms with E-state index in [-0.39, 0.29) is 24.1 Å². The zero-order valence-electron chi connectivity index (χ0n) is 13.1. The predicted octanol–water partition coefficient (Wildman–Crippen LogP) is 1.90. The Balaban J connectivity index is 2.52. The molecule has 1 fully saturated rings. The number of hydrogen-bond donors (Lipinski definition) is 3. The fourth-order valence-electron chi connectivity index (χ4n) is 3.28. The van der Waals surface area contributed by atoms with Crippen molar-refractivity contribution in [1.29, 1.82) is 0 Å². The lowest BCUT2D eigenvalue weighted by Gasteiger charge is -2.39. The van der Waals surface area contributed by atoms with Gasteiger partial charge in [-0.1, -0.05) is 26.7 Å². The van der Waals surface area contributed by atoms with E-state index < -0.39 is 0 Å². The summed E-state index contributed by atoms with van der Waals surface area (Å²) in [5.41, 5.74) is -0.141. The van der Waals surface area contributed by atoms with Crippen LogP contribution in [-0.4, -0.2) is 44.0 Å². The molecule has 0 aromatic rings. The van der Waals surface area contributed by atoms with E-state index in [4.69, 9.17) is 4.74 Å². The van der Waals surface area contributed by atoms with Gasteiger partial charge in [0, 0.05) is 31.7 Å². The molecule has 1 unspecified atom stereocenters. The maximum absolute atomic E-state index is 12.0. The van der Waals surface area contributed by atoms with Crippen LogP contribution in [0.2, 0.25) is 0 Å². The molecule has 0 saturated heterocycles. The Morgan fingerprint density at radius 3 is 2.50 bits per heavy atom. The minimum atomic E-state index is -0.141. The van der Waals surface area contributed by atoms with Crippen molar-refractivity contribution in [2.45, 2.75) is 52.0 Å². The van der Waals surface area contributed by atoms with Crippen molar-refractivity contribution in [1.82, 2.24) is 10.6 Å². The van der Waals surface area contributed by atoms with Crippen LogP contribution in [0, 0.1) is 11.3 Å². The summed E-state index contributed by atoms with van der Waals surface area (Å²) >= 11 is 0. The van der Waals surface area contributed by atoms with Gasteiger partial charge in [0.25, 0.3) is 0 Å². The van der Waals surface area contributed by atoms with Gasteiger partial charge in [0.15, 0.2) is 0 Å². The van der Waals surface area contributed by atoms with Gasteiger partial charge in [0.1, 0.15) is 0 Å². The molecule has 1 aliphatic rings. The number of methoxy groups -OCH3 is 1. The molecular weight excluding hydrogens is 256 g/mol. The summed E-state index contributed by atoms with van der Waals surface area (Å²) in [6.07, 6.45) is 5.08. The van der Waals surface area contributed by atoms with Crippen LogP contribution in [0.4, 0.5) is 4.79 Å². The third-order valence-electron chi connectivity index (χ3n) is 4.34. The summed E-state index contributed by atoms with van der Waals surface area (Å²) in [5.74, 6) is 0.310. The van der Waals surface area contributed by atoms with Crippen LogP contribution in [0.25, 0.3) is 0 Å². The number of rotatable bonds is 8. The third kappa shape index (κ3) is 4.63. The maximum Gasteiger partial charge on any atom is 0.315 e. The average molecular weight is 286 g/mol. The number of hydrogen-bond acceptors (Lipinski definition) is 3. The quantitative estimate of drug-likeness (QED) is 0.597. The van der Waals surface area contributed by atoms with Gasteiger partial charge in [-0.05, 0) is 25.2 Å². The first-order valence-electron chi connectivity index (χ1n) is 7.70. The number of nitrogens with one attached hydrogen (secondary N) is 2. The molecule has 1 saturated carbocycles. The van der Waals surface area contributed by atoms with E-state index in [2.05, 4.69) is 24.5 Å². The number of carbonyl (C=O) groups is 1. The highest BCUT2D eigenvalue weighted by Crippen LogP contribution is 2.42. The SMILES string of the molecule is COCCCNC(=O)NC(C(C)C)C1(CO)CCCC1. The third-order valence-corrected chi connectivity index (χ3v) is 4.34. The molecule has 0 aromatic heterocycles. The Hall–Kier alpha value is -0.810. The highest BCUT2D eigenvalue weighted by molar-refractivity contribution is 5.74. The van der Waals surface area contributed by atoms with Crippen molar-refractivity contribution in [3.63, 3.8) is 0 Å². The Bertz CT molecular complexity index is 289. The molecule has 1 atom stereocenters. The van der Waals surface area contributed by atoms with Crippen LogP contribution in [0.15, 0.2) is 0 Å². The van der Waals surface area contributed by atoms with Gasteiger partial charge in [0.05, 0.1) is 6.61 Å². The van der Waals surface area contributed by atoms with Crippen molar-refractivity contribution < 1.29 is 14.6 Å². The van der Waals surface area contributed by atoms with E-state index >= 15 is 0 Å². The Kier molecular flexibility index (Phi) is 7.30. The summed E-state index contributed by atoms with van der Waals surface area (Å²) in [5, 5.41) is 15.7. The summed E-state index contributed by atoms with van der Waals surface area (Å²) in [6, 6.07) is -0.114. The molecule has 0 spiro atoms. The zero-order valence-corrected chi connectivity index (χ0v) is 13.1. The van der Waals surface area contributed by atoms with E-state index in [1.54, 1.807) is 7.11 Å². The molecule has 0 aromatic carbocycles. The molecule has 20 heavy (non-hydrogen) atoms. The normalized spacial score (nSPS) is 19.1. The van der Waals surface area contributed by atoms with E-state index in [1.807, 2.05) is 0 Å². The molecule has 5 heteroatoms. The highest BCUT2D eigenvalue weighted by atomic mass is 16.5. The van der Waals surface area contributed by atoms with E-state index in [0.29, 0.717) is 19.1 Å². The maximum atomic E-state index is 12.0. The zero-order chi connectivity index (χ0) is 15.0. The molecule has 0 bridgehead atoms. The summed E-state index contributed by atoms with van der Waals surface area (Å²) in [6.45, 7) is 5.61. The topological polar surface area (TPSA) is 70.6 Å². The first-order chi connectivity index (χ1) is 9.55. The highest BCUT2D eigenvalue weighted by Gasteiger charge is 2.42. The second-order valence-corrected chi connectivity index (χ2v) is 6.20. The largest absolute Gasteiger partial charge is 0.396 e. The predicted molar refractivity (Wildman–Crippen MR) is 79.6 cm³/mol. The second kappa shape index (κ2) is 8.47. The van der Waals surface area contributed by atoms with Gasteiger partial charge in [-0.2, -0.15) is 0 Å². The molecule has 118 valence electrons. The van der Waals surface area contributed by atoms with Gasteiger partial charge < -0.3 is 20.5 Å². The van der Waals surface area contributed by atoms with Crippen molar-refractivity contribution in [3.05, 3.63) is 0 Å². The van der Waals surface area contributed by atoms with Gasteiger partial charge in [-0.3, -0.25) is 0 Å². The van der Waals surface area contributed by atoms with Crippen molar-refractivity contribution in [3.8, 4) is 0 Å². The number of aliphatic hydroxyl groups is 1. The lowest BCUT2D eigenvalue weighted by molar-refractivity contribution is 0.0701. The van der Waals surface area contributed by atoms with Crippen molar-refractivity contribution in [2.24, 2.45) is 11.3 Å². The lowest BCUT2D eigenvalue weighted by Crippen LogP contribution is -2.54. The minimum Gasteiger partial charge on any atom is -0.396 e. The van der Waals surface area contributed by atoms with Crippen LogP contribution >= 0.6 is 0 Å². The monoisotopic (exact) mass is 286 g/mol. The summed E-state index contributed by atoms with van der Waals surface area (Å²) in [7, 11) is 1.65. The van der Waals surface area contributed by atoms with Crippen LogP contribution in [0.3, 0.4) is 0 Å². The van der Waals surface area contributed by atoms with E-state index in [9.17, 15) is 9.90 Å². The standard InChI is InChI=1S/C15H30N2O3/c1-12(2)13(15(11-18)7-4-5-8-15)17-14(19)16-9-6-10-20-3/h12-13,18H,4-11H2,1-3H3,(H2,16,17,19). The molecule has 3 N–H and O–H groups in total. The van der Waals surface area contributed by atoms with Gasteiger partial charge >= 0.3 is 6.03 Å². The molecule has 0 aliphatic heterocycles. The Labute approximate surface area is 122 Å². The average Bonchev–Trinajstić information content (AvgIpc) is 2.90. The first kappa shape index (κ1) is 17.2. The minimum absolute atomic E-state index is 0.0254. The van der Waals surface area contributed by atoms with Gasteiger partial charge in [0.2, 0.25) is 0 Å². The smallest absolute Gasteiger partial charge is 0.315 e. The molecular formula is C15H30N2O3. The van der Waals surface area contributed by atoms with E-state index in [0.717, 1.165) is 32.1 Å². The fourth-order valence-corrected chi connectivity index (χ4v) is 3.28. The summed E-state index contributed by atoms with van der Waals surface area (Å²) < 4.78 is 4.95. The van der Waals surface area contributed by atoms with Crippen LogP contribution < -0.4 is 10.6 Å².